The van der Waals surface area contributed by atoms with Gasteiger partial charge < -0.3 is 10.6 Å². The summed E-state index contributed by atoms with van der Waals surface area (Å²) >= 11 is 0. The molecule has 8 nitrogen and oxygen atoms in total. The molecule has 9 heteroatoms. The van der Waals surface area contributed by atoms with E-state index in [1.807, 2.05) is 24.3 Å². The Bertz CT molecular complexity index is 1600. The molecule has 4 heterocycles. The van der Waals surface area contributed by atoms with Crippen molar-refractivity contribution in [2.24, 2.45) is 0 Å². The van der Waals surface area contributed by atoms with Crippen molar-refractivity contribution in [2.75, 3.05) is 18.5 Å². The molecule has 2 saturated carbocycles. The average Bonchev–Trinajstić information content (AvgIpc) is 3.82. The molecule has 3 aromatic heterocycles. The normalized spacial score (nSPS) is 19.5. The van der Waals surface area contributed by atoms with Crippen LogP contribution in [0, 0.1) is 0 Å². The number of benzene rings is 1. The van der Waals surface area contributed by atoms with Crippen molar-refractivity contribution in [2.45, 2.75) is 62.9 Å². The second-order valence-corrected chi connectivity index (χ2v) is 11.2. The molecule has 0 spiro atoms. The Morgan fingerprint density at radius 2 is 2.00 bits per heavy atom. The van der Waals surface area contributed by atoms with Crippen LogP contribution in [0.4, 0.5) is 16.0 Å². The van der Waals surface area contributed by atoms with E-state index in [1.54, 1.807) is 15.6 Å². The van der Waals surface area contributed by atoms with Gasteiger partial charge in [-0.15, -0.1) is 0 Å². The zero-order valence-corrected chi connectivity index (χ0v) is 21.1. The van der Waals surface area contributed by atoms with Crippen LogP contribution in [-0.2, 0) is 17.4 Å². The fraction of sp³-hybridized carbons (Fsp3) is 0.429. The lowest BCUT2D eigenvalue weighted by Crippen LogP contribution is -2.42. The quantitative estimate of drug-likeness (QED) is 0.408. The summed E-state index contributed by atoms with van der Waals surface area (Å²) in [5.74, 6) is 1.00. The monoisotopic (exact) mass is 499 g/mol. The van der Waals surface area contributed by atoms with Crippen LogP contribution in [0.2, 0.25) is 0 Å². The van der Waals surface area contributed by atoms with Crippen LogP contribution in [0.25, 0.3) is 16.9 Å². The number of nitrogens with one attached hydrogen (secondary N) is 2. The van der Waals surface area contributed by atoms with Crippen LogP contribution < -0.4 is 16.2 Å². The van der Waals surface area contributed by atoms with Crippen LogP contribution >= 0.6 is 0 Å². The highest BCUT2D eigenvalue weighted by atomic mass is 19.1. The van der Waals surface area contributed by atoms with Crippen molar-refractivity contribution in [3.8, 4) is 5.82 Å². The van der Waals surface area contributed by atoms with Gasteiger partial charge in [0, 0.05) is 22.8 Å². The molecular weight excluding hydrogens is 469 g/mol. The van der Waals surface area contributed by atoms with E-state index in [4.69, 9.17) is 9.97 Å². The zero-order valence-electron chi connectivity index (χ0n) is 21.1. The first kappa shape index (κ1) is 22.6. The summed E-state index contributed by atoms with van der Waals surface area (Å²) in [7, 11) is 0. The van der Waals surface area contributed by atoms with E-state index in [0.717, 1.165) is 50.0 Å². The number of alkyl halides is 1. The highest BCUT2D eigenvalue weighted by Crippen LogP contribution is 2.48. The molecule has 2 aliphatic carbocycles. The van der Waals surface area contributed by atoms with Gasteiger partial charge in [0.1, 0.15) is 12.1 Å². The van der Waals surface area contributed by atoms with E-state index in [9.17, 15) is 9.18 Å². The van der Waals surface area contributed by atoms with Crippen molar-refractivity contribution in [1.29, 1.82) is 0 Å². The van der Waals surface area contributed by atoms with Gasteiger partial charge >= 0.3 is 0 Å². The summed E-state index contributed by atoms with van der Waals surface area (Å²) in [4.78, 5) is 27.5. The van der Waals surface area contributed by atoms with Crippen LogP contribution in [0.15, 0.2) is 47.4 Å². The molecule has 7 rings (SSSR count). The maximum Gasteiger partial charge on any atom is 0.278 e. The summed E-state index contributed by atoms with van der Waals surface area (Å²) in [6.45, 7) is 4.90. The number of aromatic nitrogens is 5. The van der Waals surface area contributed by atoms with Gasteiger partial charge in [-0.05, 0) is 87.9 Å². The molecule has 0 saturated heterocycles. The molecule has 190 valence electrons. The van der Waals surface area contributed by atoms with Gasteiger partial charge in [-0.2, -0.15) is 4.98 Å². The molecule has 2 N–H and O–H groups in total. The van der Waals surface area contributed by atoms with Gasteiger partial charge in [0.05, 0.1) is 11.7 Å². The molecule has 37 heavy (non-hydrogen) atoms. The van der Waals surface area contributed by atoms with Crippen LogP contribution in [0.3, 0.4) is 0 Å². The topological polar surface area (TPSA) is 89.7 Å². The predicted molar refractivity (Wildman–Crippen MR) is 141 cm³/mol. The number of hydrogen-bond acceptors (Lipinski definition) is 6. The van der Waals surface area contributed by atoms with E-state index < -0.39 is 12.1 Å². The summed E-state index contributed by atoms with van der Waals surface area (Å²) in [6.07, 6.45) is 6.02. The summed E-state index contributed by atoms with van der Waals surface area (Å²) in [5, 5.41) is 7.36. The standard InChI is InChI=1S/C28H30FN7O/c1-27(2)21-9-6-18(14-17(21)10-13-31-27)32-26-30-15-20-24(34-26)36(35(25(20)37)19-7-8-19)23-5-3-4-22(33-23)28(16-29)11-12-28/h3-6,9,14-15,19,31H,7-8,10-13,16H2,1-2H3,(H,30,32,34). The number of halogens is 1. The van der Waals surface area contributed by atoms with Gasteiger partial charge in [-0.1, -0.05) is 12.1 Å². The summed E-state index contributed by atoms with van der Waals surface area (Å²) in [6, 6.07) is 12.1. The molecule has 1 aliphatic heterocycles. The second-order valence-electron chi connectivity index (χ2n) is 11.2. The highest BCUT2D eigenvalue weighted by Gasteiger charge is 2.46. The van der Waals surface area contributed by atoms with Crippen LogP contribution in [0.5, 0.6) is 0 Å². The van der Waals surface area contributed by atoms with Gasteiger partial charge in [-0.25, -0.2) is 19.3 Å². The molecular formula is C28H30FN7O. The Labute approximate surface area is 213 Å². The number of rotatable bonds is 6. The minimum atomic E-state index is -0.484. The molecule has 0 unspecified atom stereocenters. The van der Waals surface area contributed by atoms with Crippen molar-refractivity contribution in [3.63, 3.8) is 0 Å². The Balaban J connectivity index is 1.32. The number of nitrogens with zero attached hydrogens (tertiary/aromatic N) is 5. The molecule has 2 fully saturated rings. The van der Waals surface area contributed by atoms with E-state index in [2.05, 4.69) is 41.6 Å². The molecule has 0 amide bonds. The number of pyridine rings is 1. The Hall–Kier alpha value is -3.59. The maximum absolute atomic E-state index is 13.8. The lowest BCUT2D eigenvalue weighted by Gasteiger charge is -2.34. The number of hydrogen-bond donors (Lipinski definition) is 2. The molecule has 0 radical (unpaired) electrons. The minimum absolute atomic E-state index is 0.0634. The lowest BCUT2D eigenvalue weighted by molar-refractivity contribution is 0.382. The molecule has 0 atom stereocenters. The SMILES string of the molecule is CC1(C)NCCc2cc(Nc3ncc4c(=O)n(C5CC5)n(-c5cccc(C6(CF)CC6)n5)c4n3)ccc21. The van der Waals surface area contributed by atoms with E-state index in [-0.39, 0.29) is 17.1 Å². The third-order valence-electron chi connectivity index (χ3n) is 8.12. The van der Waals surface area contributed by atoms with Gasteiger partial charge in [0.15, 0.2) is 11.5 Å². The fourth-order valence-electron chi connectivity index (χ4n) is 5.60. The van der Waals surface area contributed by atoms with Crippen molar-refractivity contribution in [1.82, 2.24) is 29.6 Å². The minimum Gasteiger partial charge on any atom is -0.324 e. The lowest BCUT2D eigenvalue weighted by atomic mass is 9.85. The van der Waals surface area contributed by atoms with E-state index >= 15 is 0 Å². The Kier molecular flexibility index (Phi) is 4.86. The molecule has 1 aromatic carbocycles. The number of anilines is 2. The third-order valence-corrected chi connectivity index (χ3v) is 8.12. The molecule has 3 aliphatic rings. The maximum atomic E-state index is 13.8. The van der Waals surface area contributed by atoms with Crippen molar-refractivity contribution in [3.05, 3.63) is 69.8 Å². The Morgan fingerprint density at radius 3 is 2.76 bits per heavy atom. The summed E-state index contributed by atoms with van der Waals surface area (Å²) in [5.41, 5.74) is 4.08. The fourth-order valence-corrected chi connectivity index (χ4v) is 5.60. The molecule has 4 aromatic rings. The van der Waals surface area contributed by atoms with Gasteiger partial charge in [-0.3, -0.25) is 9.18 Å². The van der Waals surface area contributed by atoms with Gasteiger partial charge in [0.2, 0.25) is 5.95 Å². The largest absolute Gasteiger partial charge is 0.324 e. The van der Waals surface area contributed by atoms with Gasteiger partial charge in [0.25, 0.3) is 5.56 Å². The first-order valence-electron chi connectivity index (χ1n) is 13.1. The van der Waals surface area contributed by atoms with E-state index in [0.29, 0.717) is 22.8 Å². The summed E-state index contributed by atoms with van der Waals surface area (Å²) < 4.78 is 17.4. The van der Waals surface area contributed by atoms with Crippen molar-refractivity contribution < 1.29 is 4.39 Å². The molecule has 0 bridgehead atoms. The second kappa shape index (κ2) is 7.95. The smallest absolute Gasteiger partial charge is 0.278 e. The highest BCUT2D eigenvalue weighted by molar-refractivity contribution is 5.77. The van der Waals surface area contributed by atoms with Crippen LogP contribution in [0.1, 0.15) is 62.4 Å². The van der Waals surface area contributed by atoms with Crippen LogP contribution in [-0.4, -0.2) is 37.5 Å². The first-order valence-corrected chi connectivity index (χ1v) is 13.1. The average molecular weight is 500 g/mol. The predicted octanol–water partition coefficient (Wildman–Crippen LogP) is 4.44. The third kappa shape index (κ3) is 3.67. The Morgan fingerprint density at radius 1 is 1.16 bits per heavy atom. The zero-order chi connectivity index (χ0) is 25.4. The first-order chi connectivity index (χ1) is 17.9. The number of fused-ring (bicyclic) bond motifs is 2. The van der Waals surface area contributed by atoms with Crippen molar-refractivity contribution >= 4 is 22.7 Å². The van der Waals surface area contributed by atoms with E-state index in [1.165, 1.54) is 11.1 Å².